The zero-order chi connectivity index (χ0) is 22.4. The Balaban J connectivity index is 1.71. The molecule has 4 heterocycles. The zero-order valence-corrected chi connectivity index (χ0v) is 19.6. The van der Waals surface area contributed by atoms with Crippen LogP contribution in [0.5, 0.6) is 5.75 Å². The molecule has 3 aromatic heterocycles. The normalized spacial score (nSPS) is 13.6. The van der Waals surface area contributed by atoms with E-state index in [0.717, 1.165) is 45.9 Å². The first-order chi connectivity index (χ1) is 15.5. The van der Waals surface area contributed by atoms with E-state index in [9.17, 15) is 4.79 Å². The lowest BCUT2D eigenvalue weighted by molar-refractivity contribution is 0.0986. The van der Waals surface area contributed by atoms with Crippen molar-refractivity contribution in [3.8, 4) is 16.3 Å². The third-order valence-corrected chi connectivity index (χ3v) is 6.98. The minimum atomic E-state index is -0.0386. The monoisotopic (exact) mass is 446 g/mol. The molecule has 1 aliphatic heterocycles. The van der Waals surface area contributed by atoms with Gasteiger partial charge in [-0.15, -0.1) is 11.3 Å². The van der Waals surface area contributed by atoms with E-state index in [0.29, 0.717) is 12.1 Å². The third kappa shape index (κ3) is 3.28. The Morgan fingerprint density at radius 1 is 1.25 bits per heavy atom. The van der Waals surface area contributed by atoms with Gasteiger partial charge >= 0.3 is 0 Å². The van der Waals surface area contributed by atoms with Crippen molar-refractivity contribution in [2.24, 2.45) is 0 Å². The molecule has 0 radical (unpaired) electrons. The molecule has 0 saturated heterocycles. The van der Waals surface area contributed by atoms with Gasteiger partial charge in [0.1, 0.15) is 5.75 Å². The summed E-state index contributed by atoms with van der Waals surface area (Å²) in [5, 5.41) is 7.36. The Kier molecular flexibility index (Phi) is 5.21. The number of carbonyl (C=O) groups is 1. The van der Waals surface area contributed by atoms with Gasteiger partial charge in [-0.1, -0.05) is 12.1 Å². The van der Waals surface area contributed by atoms with Crippen LogP contribution < -0.4 is 9.64 Å². The molecule has 1 aliphatic rings. The highest BCUT2D eigenvalue weighted by molar-refractivity contribution is 7.13. The van der Waals surface area contributed by atoms with E-state index in [1.165, 1.54) is 11.1 Å². The molecule has 0 saturated carbocycles. The van der Waals surface area contributed by atoms with E-state index in [1.807, 2.05) is 39.2 Å². The van der Waals surface area contributed by atoms with Crippen LogP contribution in [0.4, 0.5) is 5.69 Å². The van der Waals surface area contributed by atoms with Crippen LogP contribution in [0.15, 0.2) is 41.9 Å². The minimum Gasteiger partial charge on any atom is -0.495 e. The molecule has 0 fully saturated rings. The number of benzene rings is 1. The molecule has 1 amide bonds. The second-order valence-corrected chi connectivity index (χ2v) is 9.37. The van der Waals surface area contributed by atoms with Gasteiger partial charge in [0.25, 0.3) is 5.91 Å². The molecular weight excluding hydrogens is 420 g/mol. The number of hydrogen-bond donors (Lipinski definition) is 0. The number of aryl methyl sites for hydroxylation is 1. The predicted molar refractivity (Wildman–Crippen MR) is 129 cm³/mol. The largest absolute Gasteiger partial charge is 0.495 e. The summed E-state index contributed by atoms with van der Waals surface area (Å²) in [5.41, 5.74) is 5.43. The van der Waals surface area contributed by atoms with E-state index in [-0.39, 0.29) is 11.9 Å². The van der Waals surface area contributed by atoms with Crippen LogP contribution in [0.1, 0.15) is 47.8 Å². The van der Waals surface area contributed by atoms with Crippen LogP contribution in [0.25, 0.3) is 21.6 Å². The smallest absolute Gasteiger partial charge is 0.259 e. The fourth-order valence-electron chi connectivity index (χ4n) is 4.49. The van der Waals surface area contributed by atoms with Gasteiger partial charge in [-0.3, -0.25) is 4.79 Å². The van der Waals surface area contributed by atoms with Crippen molar-refractivity contribution in [2.75, 3.05) is 18.6 Å². The summed E-state index contributed by atoms with van der Waals surface area (Å²) in [7, 11) is 1.66. The topological polar surface area (TPSA) is 60.2 Å². The van der Waals surface area contributed by atoms with Crippen molar-refractivity contribution in [3.05, 3.63) is 58.6 Å². The van der Waals surface area contributed by atoms with E-state index >= 15 is 0 Å². The summed E-state index contributed by atoms with van der Waals surface area (Å²) in [5.74, 6) is 0.698. The fraction of sp³-hybridized carbons (Fsp3) is 0.320. The number of ether oxygens (including phenoxy) is 1. The highest BCUT2D eigenvalue weighted by Crippen LogP contribution is 2.40. The van der Waals surface area contributed by atoms with Crippen molar-refractivity contribution in [1.29, 1.82) is 0 Å². The number of methoxy groups -OCH3 is 1. The molecule has 4 aromatic rings. The number of pyridine rings is 1. The first-order valence-corrected chi connectivity index (χ1v) is 11.8. The molecule has 32 heavy (non-hydrogen) atoms. The zero-order valence-electron chi connectivity index (χ0n) is 18.8. The summed E-state index contributed by atoms with van der Waals surface area (Å²) in [6, 6.07) is 10.1. The summed E-state index contributed by atoms with van der Waals surface area (Å²) in [4.78, 5) is 21.9. The molecule has 0 bridgehead atoms. The van der Waals surface area contributed by atoms with Crippen molar-refractivity contribution in [1.82, 2.24) is 14.8 Å². The van der Waals surface area contributed by atoms with Crippen molar-refractivity contribution in [2.45, 2.75) is 39.7 Å². The fourth-order valence-corrected chi connectivity index (χ4v) is 5.18. The summed E-state index contributed by atoms with van der Waals surface area (Å²) in [6.07, 6.45) is 3.63. The average molecular weight is 447 g/mol. The second kappa shape index (κ2) is 8.06. The van der Waals surface area contributed by atoms with E-state index in [4.69, 9.17) is 9.72 Å². The lowest BCUT2D eigenvalue weighted by Crippen LogP contribution is -2.36. The molecule has 0 N–H and O–H groups in total. The van der Waals surface area contributed by atoms with Crippen molar-refractivity contribution >= 4 is 34.0 Å². The Hall–Kier alpha value is -3.19. The standard InChI is InChI=1S/C25H26N4O2S/c1-15(2)29-24-19(14-26-29)18(13-20(27-24)22-8-6-12-32-22)25(30)28-11-5-7-17-16(3)9-10-21(31-4)23(17)28/h6,8-10,12-15H,5,7,11H2,1-4H3. The number of nitrogens with zero attached hydrogens (tertiary/aromatic N) is 4. The molecule has 164 valence electrons. The third-order valence-electron chi connectivity index (χ3n) is 6.08. The Morgan fingerprint density at radius 2 is 2.09 bits per heavy atom. The lowest BCUT2D eigenvalue weighted by Gasteiger charge is -2.32. The van der Waals surface area contributed by atoms with Gasteiger partial charge in [0, 0.05) is 12.6 Å². The molecule has 0 atom stereocenters. The van der Waals surface area contributed by atoms with Crippen LogP contribution in [-0.2, 0) is 6.42 Å². The Morgan fingerprint density at radius 3 is 2.81 bits per heavy atom. The molecule has 1 aromatic carbocycles. The number of anilines is 1. The van der Waals surface area contributed by atoms with Crippen molar-refractivity contribution in [3.63, 3.8) is 0 Å². The average Bonchev–Trinajstić information content (AvgIpc) is 3.48. The van der Waals surface area contributed by atoms with Crippen LogP contribution in [-0.4, -0.2) is 34.3 Å². The summed E-state index contributed by atoms with van der Waals surface area (Å²) >= 11 is 1.62. The van der Waals surface area contributed by atoms with Gasteiger partial charge in [-0.2, -0.15) is 5.10 Å². The van der Waals surface area contributed by atoms with Gasteiger partial charge in [-0.05, 0) is 68.3 Å². The number of thiophene rings is 1. The number of carbonyl (C=O) groups excluding carboxylic acids is 1. The Bertz CT molecular complexity index is 1310. The number of rotatable bonds is 4. The molecule has 0 unspecified atom stereocenters. The highest BCUT2D eigenvalue weighted by atomic mass is 32.1. The second-order valence-electron chi connectivity index (χ2n) is 8.42. The van der Waals surface area contributed by atoms with Crippen LogP contribution in [0.2, 0.25) is 0 Å². The number of hydrogen-bond acceptors (Lipinski definition) is 5. The molecule has 6 nitrogen and oxygen atoms in total. The van der Waals surface area contributed by atoms with E-state index in [1.54, 1.807) is 24.6 Å². The molecule has 5 rings (SSSR count). The quantitative estimate of drug-likeness (QED) is 0.406. The molecular formula is C25H26N4O2S. The lowest BCUT2D eigenvalue weighted by atomic mass is 9.95. The molecule has 0 spiro atoms. The number of amides is 1. The molecule has 0 aliphatic carbocycles. The van der Waals surface area contributed by atoms with Gasteiger partial charge in [-0.25, -0.2) is 9.67 Å². The van der Waals surface area contributed by atoms with Gasteiger partial charge < -0.3 is 9.64 Å². The van der Waals surface area contributed by atoms with E-state index in [2.05, 4.69) is 31.9 Å². The number of fused-ring (bicyclic) bond motifs is 2. The van der Waals surface area contributed by atoms with Crippen LogP contribution in [0, 0.1) is 6.92 Å². The van der Waals surface area contributed by atoms with Crippen molar-refractivity contribution < 1.29 is 9.53 Å². The predicted octanol–water partition coefficient (Wildman–Crippen LogP) is 5.65. The first-order valence-electron chi connectivity index (χ1n) is 10.9. The summed E-state index contributed by atoms with van der Waals surface area (Å²) < 4.78 is 7.56. The maximum Gasteiger partial charge on any atom is 0.259 e. The minimum absolute atomic E-state index is 0.0386. The van der Waals surface area contributed by atoms with Crippen LogP contribution >= 0.6 is 11.3 Å². The maximum atomic E-state index is 14.1. The SMILES string of the molecule is COc1ccc(C)c2c1N(C(=O)c1cc(-c3cccs3)nc3c1cnn3C(C)C)CCC2. The summed E-state index contributed by atoms with van der Waals surface area (Å²) in [6.45, 7) is 6.89. The van der Waals surface area contributed by atoms with Gasteiger partial charge in [0.15, 0.2) is 5.65 Å². The van der Waals surface area contributed by atoms with Gasteiger partial charge in [0.2, 0.25) is 0 Å². The van der Waals surface area contributed by atoms with Gasteiger partial charge in [0.05, 0.1) is 40.5 Å². The Labute approximate surface area is 191 Å². The number of aromatic nitrogens is 3. The maximum absolute atomic E-state index is 14.1. The highest BCUT2D eigenvalue weighted by Gasteiger charge is 2.30. The van der Waals surface area contributed by atoms with Crippen LogP contribution in [0.3, 0.4) is 0 Å². The van der Waals surface area contributed by atoms with E-state index < -0.39 is 0 Å². The molecule has 7 heteroatoms. The first kappa shape index (κ1) is 20.7.